The zero-order valence-electron chi connectivity index (χ0n) is 15.3. The van der Waals surface area contributed by atoms with E-state index in [9.17, 15) is 4.79 Å². The lowest BCUT2D eigenvalue weighted by molar-refractivity contribution is 0.0690. The monoisotopic (exact) mass is 334 g/mol. The molecule has 5 nitrogen and oxygen atoms in total. The molecule has 0 atom stereocenters. The molecule has 1 aliphatic heterocycles. The molecule has 1 fully saturated rings. The van der Waals surface area contributed by atoms with Crippen LogP contribution < -0.4 is 14.8 Å². The van der Waals surface area contributed by atoms with Crippen molar-refractivity contribution in [3.05, 3.63) is 23.8 Å². The van der Waals surface area contributed by atoms with Gasteiger partial charge in [-0.05, 0) is 63.9 Å². The van der Waals surface area contributed by atoms with E-state index in [2.05, 4.69) is 12.2 Å². The lowest BCUT2D eigenvalue weighted by atomic mass is 9.96. The van der Waals surface area contributed by atoms with Crippen molar-refractivity contribution in [2.24, 2.45) is 5.92 Å². The first kappa shape index (κ1) is 18.6. The normalized spacial score (nSPS) is 15.6. The van der Waals surface area contributed by atoms with Crippen LogP contribution in [0.25, 0.3) is 0 Å². The van der Waals surface area contributed by atoms with Gasteiger partial charge in [-0.1, -0.05) is 6.92 Å². The van der Waals surface area contributed by atoms with Crippen LogP contribution in [0.4, 0.5) is 0 Å². The van der Waals surface area contributed by atoms with Gasteiger partial charge in [0.05, 0.1) is 13.2 Å². The molecule has 0 radical (unpaired) electrons. The van der Waals surface area contributed by atoms with Gasteiger partial charge in [0, 0.05) is 18.7 Å². The summed E-state index contributed by atoms with van der Waals surface area (Å²) in [5.74, 6) is 2.03. The smallest absolute Gasteiger partial charge is 0.253 e. The highest BCUT2D eigenvalue weighted by atomic mass is 16.5. The Labute approximate surface area is 145 Å². The molecule has 5 heteroatoms. The van der Waals surface area contributed by atoms with E-state index in [0.717, 1.165) is 39.0 Å². The molecule has 0 saturated carbocycles. The van der Waals surface area contributed by atoms with Gasteiger partial charge in [-0.3, -0.25) is 4.79 Å². The first-order valence-electron chi connectivity index (χ1n) is 8.89. The number of nitrogens with zero attached hydrogens (tertiary/aromatic N) is 1. The quantitative estimate of drug-likeness (QED) is 0.833. The SMILES string of the molecule is CCNCC1CCN(C(=O)c2ccc(OC(C)C)c(OC)c2)CC1. The maximum absolute atomic E-state index is 12.7. The van der Waals surface area contributed by atoms with Gasteiger partial charge in [-0.2, -0.15) is 0 Å². The van der Waals surface area contributed by atoms with Crippen molar-refractivity contribution in [3.8, 4) is 11.5 Å². The number of piperidine rings is 1. The third-order valence-corrected chi connectivity index (χ3v) is 4.36. The Hall–Kier alpha value is -1.75. The van der Waals surface area contributed by atoms with Gasteiger partial charge in [0.2, 0.25) is 0 Å². The Morgan fingerprint density at radius 1 is 1.29 bits per heavy atom. The Kier molecular flexibility index (Phi) is 6.91. The molecule has 1 amide bonds. The van der Waals surface area contributed by atoms with Crippen LogP contribution in [0.2, 0.25) is 0 Å². The van der Waals surface area contributed by atoms with Crippen molar-refractivity contribution in [3.63, 3.8) is 0 Å². The van der Waals surface area contributed by atoms with E-state index >= 15 is 0 Å². The van der Waals surface area contributed by atoms with Gasteiger partial charge in [-0.15, -0.1) is 0 Å². The molecular weight excluding hydrogens is 304 g/mol. The van der Waals surface area contributed by atoms with Crippen LogP contribution in [-0.2, 0) is 0 Å². The summed E-state index contributed by atoms with van der Waals surface area (Å²) < 4.78 is 11.1. The molecule has 1 N–H and O–H groups in total. The third kappa shape index (κ3) is 4.87. The number of likely N-dealkylation sites (tertiary alicyclic amines) is 1. The number of ether oxygens (including phenoxy) is 2. The minimum atomic E-state index is 0.0659. The number of hydrogen-bond acceptors (Lipinski definition) is 4. The highest BCUT2D eigenvalue weighted by molar-refractivity contribution is 5.95. The van der Waals surface area contributed by atoms with Gasteiger partial charge >= 0.3 is 0 Å². The summed E-state index contributed by atoms with van der Waals surface area (Å²) in [6.07, 6.45) is 2.19. The molecule has 1 aliphatic rings. The van der Waals surface area contributed by atoms with E-state index < -0.39 is 0 Å². The van der Waals surface area contributed by atoms with Crippen LogP contribution in [0, 0.1) is 5.92 Å². The summed E-state index contributed by atoms with van der Waals surface area (Å²) in [5, 5.41) is 3.40. The van der Waals surface area contributed by atoms with Crippen LogP contribution in [0.15, 0.2) is 18.2 Å². The van der Waals surface area contributed by atoms with E-state index in [1.807, 2.05) is 30.9 Å². The molecule has 24 heavy (non-hydrogen) atoms. The fourth-order valence-electron chi connectivity index (χ4n) is 3.02. The number of amides is 1. The molecule has 134 valence electrons. The first-order chi connectivity index (χ1) is 11.5. The standard InChI is InChI=1S/C19H30N2O3/c1-5-20-13-15-8-10-21(11-9-15)19(22)16-6-7-17(24-14(2)3)18(12-16)23-4/h6-7,12,14-15,20H,5,8-11,13H2,1-4H3. The average Bonchev–Trinajstić information content (AvgIpc) is 2.59. The topological polar surface area (TPSA) is 50.8 Å². The van der Waals surface area contributed by atoms with Crippen LogP contribution in [0.3, 0.4) is 0 Å². The Balaban J connectivity index is 2.00. The van der Waals surface area contributed by atoms with Gasteiger partial charge in [0.1, 0.15) is 0 Å². The predicted octanol–water partition coefficient (Wildman–Crippen LogP) is 2.94. The summed E-state index contributed by atoms with van der Waals surface area (Å²) in [4.78, 5) is 14.7. The van der Waals surface area contributed by atoms with E-state index in [1.54, 1.807) is 13.2 Å². The van der Waals surface area contributed by atoms with Crippen LogP contribution in [0.1, 0.15) is 44.0 Å². The highest BCUT2D eigenvalue weighted by Gasteiger charge is 2.24. The molecule has 1 saturated heterocycles. The molecule has 0 unspecified atom stereocenters. The maximum atomic E-state index is 12.7. The Morgan fingerprint density at radius 2 is 2.00 bits per heavy atom. The highest BCUT2D eigenvalue weighted by Crippen LogP contribution is 2.30. The fraction of sp³-hybridized carbons (Fsp3) is 0.632. The zero-order valence-corrected chi connectivity index (χ0v) is 15.3. The minimum absolute atomic E-state index is 0.0659. The number of rotatable bonds is 7. The lowest BCUT2D eigenvalue weighted by Gasteiger charge is -2.32. The van der Waals surface area contributed by atoms with Gasteiger partial charge in [0.25, 0.3) is 5.91 Å². The summed E-state index contributed by atoms with van der Waals surface area (Å²) in [5.41, 5.74) is 0.660. The second-order valence-corrected chi connectivity index (χ2v) is 6.58. The van der Waals surface area contributed by atoms with E-state index in [-0.39, 0.29) is 12.0 Å². The number of carbonyl (C=O) groups excluding carboxylic acids is 1. The molecule has 1 heterocycles. The molecule has 1 aromatic carbocycles. The number of methoxy groups -OCH3 is 1. The fourth-order valence-corrected chi connectivity index (χ4v) is 3.02. The summed E-state index contributed by atoms with van der Waals surface area (Å²) in [6, 6.07) is 5.43. The Morgan fingerprint density at radius 3 is 2.58 bits per heavy atom. The van der Waals surface area contributed by atoms with E-state index in [4.69, 9.17) is 9.47 Å². The van der Waals surface area contributed by atoms with Crippen molar-refractivity contribution in [2.75, 3.05) is 33.3 Å². The maximum Gasteiger partial charge on any atom is 0.253 e. The largest absolute Gasteiger partial charge is 0.493 e. The predicted molar refractivity (Wildman–Crippen MR) is 95.9 cm³/mol. The average molecular weight is 334 g/mol. The summed E-state index contributed by atoms with van der Waals surface area (Å²) >= 11 is 0. The number of carbonyl (C=O) groups is 1. The van der Waals surface area contributed by atoms with E-state index in [0.29, 0.717) is 23.0 Å². The molecule has 1 aromatic rings. The number of hydrogen-bond donors (Lipinski definition) is 1. The molecule has 2 rings (SSSR count). The molecular formula is C19H30N2O3. The molecule has 0 spiro atoms. The lowest BCUT2D eigenvalue weighted by Crippen LogP contribution is -2.40. The van der Waals surface area contributed by atoms with Gasteiger partial charge in [0.15, 0.2) is 11.5 Å². The van der Waals surface area contributed by atoms with Crippen LogP contribution in [-0.4, -0.2) is 50.2 Å². The Bertz CT molecular complexity index is 537. The summed E-state index contributed by atoms with van der Waals surface area (Å²) in [7, 11) is 1.60. The van der Waals surface area contributed by atoms with Crippen LogP contribution >= 0.6 is 0 Å². The van der Waals surface area contributed by atoms with Gasteiger partial charge in [-0.25, -0.2) is 0 Å². The number of nitrogens with one attached hydrogen (secondary N) is 1. The number of benzene rings is 1. The van der Waals surface area contributed by atoms with E-state index in [1.165, 1.54) is 0 Å². The molecule has 0 bridgehead atoms. The second-order valence-electron chi connectivity index (χ2n) is 6.58. The van der Waals surface area contributed by atoms with Crippen molar-refractivity contribution in [1.82, 2.24) is 10.2 Å². The van der Waals surface area contributed by atoms with Crippen molar-refractivity contribution < 1.29 is 14.3 Å². The zero-order chi connectivity index (χ0) is 17.5. The van der Waals surface area contributed by atoms with Crippen LogP contribution in [0.5, 0.6) is 11.5 Å². The van der Waals surface area contributed by atoms with Crippen molar-refractivity contribution in [1.29, 1.82) is 0 Å². The molecule has 0 aliphatic carbocycles. The minimum Gasteiger partial charge on any atom is -0.493 e. The second kappa shape index (κ2) is 8.92. The van der Waals surface area contributed by atoms with Gasteiger partial charge < -0.3 is 19.7 Å². The van der Waals surface area contributed by atoms with Crippen molar-refractivity contribution >= 4 is 5.91 Å². The molecule has 0 aromatic heterocycles. The van der Waals surface area contributed by atoms with Crippen molar-refractivity contribution in [2.45, 2.75) is 39.7 Å². The third-order valence-electron chi connectivity index (χ3n) is 4.36. The summed E-state index contributed by atoms with van der Waals surface area (Å²) in [6.45, 7) is 9.76. The first-order valence-corrected chi connectivity index (χ1v) is 8.89.